The normalized spacial score (nSPS) is 21.7. The first-order valence-corrected chi connectivity index (χ1v) is 44.2. The summed E-state index contributed by atoms with van der Waals surface area (Å²) in [6.07, 6.45) is 79.8. The summed E-state index contributed by atoms with van der Waals surface area (Å²) in [4.78, 5) is 13.4. The van der Waals surface area contributed by atoms with Crippen molar-refractivity contribution < 1.29 is 64.6 Å². The molecule has 2 aliphatic heterocycles. The first-order chi connectivity index (χ1) is 50.1. The summed E-state index contributed by atoms with van der Waals surface area (Å²) >= 11 is 0. The first-order valence-electron chi connectivity index (χ1n) is 44.2. The van der Waals surface area contributed by atoms with E-state index in [1.165, 1.54) is 353 Å². The number of allylic oxidation sites excluding steroid dienone is 5. The SMILES string of the molecule is CCCCCCC/C=C\C/C=C\CCCCCCCCCCCCCCCCCCCCCCCCCCCCCCCC(=O)NC(COC1OC(CO)C(OC2OC(CO)C(O)C(O)C2O)C(O)C1O)C(O)/C=C/CCCCCCCCCCCCCCCCCCCCCCCCCCC. The highest BCUT2D eigenvalue weighted by Crippen LogP contribution is 2.31. The van der Waals surface area contributed by atoms with Crippen molar-refractivity contribution in [1.29, 1.82) is 0 Å². The van der Waals surface area contributed by atoms with E-state index in [0.717, 1.165) is 44.9 Å². The average molecular weight is 1450 g/mol. The summed E-state index contributed by atoms with van der Waals surface area (Å²) in [5.74, 6) is -0.229. The number of rotatable bonds is 76. The first kappa shape index (κ1) is 96.3. The van der Waals surface area contributed by atoms with Gasteiger partial charge in [0.2, 0.25) is 5.91 Å². The van der Waals surface area contributed by atoms with Crippen molar-refractivity contribution in [1.82, 2.24) is 5.32 Å². The van der Waals surface area contributed by atoms with Gasteiger partial charge in [0.1, 0.15) is 48.8 Å². The van der Waals surface area contributed by atoms with E-state index in [2.05, 4.69) is 43.5 Å². The fraction of sp³-hybridized carbons (Fsp3) is 0.920. The summed E-state index contributed by atoms with van der Waals surface area (Å²) < 4.78 is 23.0. The van der Waals surface area contributed by atoms with Crippen molar-refractivity contribution in [2.24, 2.45) is 0 Å². The summed E-state index contributed by atoms with van der Waals surface area (Å²) in [5, 5.41) is 87.8. The number of aliphatic hydroxyl groups is 8. The third kappa shape index (κ3) is 53.9. The second kappa shape index (κ2) is 72.1. The molecule has 0 aromatic rings. The van der Waals surface area contributed by atoms with Gasteiger partial charge >= 0.3 is 0 Å². The van der Waals surface area contributed by atoms with Gasteiger partial charge in [-0.15, -0.1) is 0 Å². The molecule has 12 unspecified atom stereocenters. The molecule has 0 bridgehead atoms. The molecule has 2 aliphatic rings. The molecule has 1 amide bonds. The van der Waals surface area contributed by atoms with Crippen molar-refractivity contribution in [2.45, 2.75) is 498 Å². The van der Waals surface area contributed by atoms with Gasteiger partial charge in [-0.2, -0.15) is 0 Å². The Labute approximate surface area is 627 Å². The van der Waals surface area contributed by atoms with Crippen molar-refractivity contribution >= 4 is 5.91 Å². The number of ether oxygens (including phenoxy) is 4. The van der Waals surface area contributed by atoms with Crippen LogP contribution in [0.2, 0.25) is 0 Å². The van der Waals surface area contributed by atoms with Crippen LogP contribution in [0, 0.1) is 0 Å². The van der Waals surface area contributed by atoms with E-state index in [1.807, 2.05) is 6.08 Å². The van der Waals surface area contributed by atoms with Crippen LogP contribution >= 0.6 is 0 Å². The molecule has 0 radical (unpaired) electrons. The van der Waals surface area contributed by atoms with Crippen molar-refractivity contribution in [3.8, 4) is 0 Å². The van der Waals surface area contributed by atoms with Gasteiger partial charge in [0, 0.05) is 6.42 Å². The minimum absolute atomic E-state index is 0.229. The predicted octanol–water partition coefficient (Wildman–Crippen LogP) is 21.1. The molecule has 2 rings (SSSR count). The van der Waals surface area contributed by atoms with E-state index in [1.54, 1.807) is 6.08 Å². The maximum Gasteiger partial charge on any atom is 0.220 e. The second-order valence-electron chi connectivity index (χ2n) is 31.4. The summed E-state index contributed by atoms with van der Waals surface area (Å²) in [6, 6.07) is -0.914. The molecular weight excluding hydrogens is 1280 g/mol. The molecule has 0 aromatic heterocycles. The van der Waals surface area contributed by atoms with Crippen LogP contribution < -0.4 is 5.32 Å². The van der Waals surface area contributed by atoms with Gasteiger partial charge in [0.25, 0.3) is 0 Å². The summed E-state index contributed by atoms with van der Waals surface area (Å²) in [7, 11) is 0. The Kier molecular flexibility index (Phi) is 68.1. The number of aliphatic hydroxyl groups excluding tert-OH is 8. The zero-order valence-corrected chi connectivity index (χ0v) is 66.4. The minimum Gasteiger partial charge on any atom is -0.394 e. The number of hydrogen-bond acceptors (Lipinski definition) is 13. The lowest BCUT2D eigenvalue weighted by Crippen LogP contribution is -2.65. The number of carbonyl (C=O) groups is 1. The molecule has 2 heterocycles. The van der Waals surface area contributed by atoms with Crippen molar-refractivity contribution in [3.63, 3.8) is 0 Å². The van der Waals surface area contributed by atoms with Gasteiger partial charge in [0.15, 0.2) is 12.6 Å². The highest BCUT2D eigenvalue weighted by atomic mass is 16.7. The van der Waals surface area contributed by atoms with Crippen LogP contribution in [0.1, 0.15) is 425 Å². The zero-order valence-electron chi connectivity index (χ0n) is 66.4. The Morgan fingerprint density at radius 3 is 0.980 bits per heavy atom. The van der Waals surface area contributed by atoms with E-state index in [0.29, 0.717) is 6.42 Å². The number of nitrogens with one attached hydrogen (secondary N) is 1. The quantitative estimate of drug-likeness (QED) is 0.0204. The predicted molar refractivity (Wildman–Crippen MR) is 425 cm³/mol. The van der Waals surface area contributed by atoms with Gasteiger partial charge in [-0.1, -0.05) is 403 Å². The van der Waals surface area contributed by atoms with Crippen molar-refractivity contribution in [3.05, 3.63) is 36.5 Å². The van der Waals surface area contributed by atoms with Crippen LogP contribution in [-0.4, -0.2) is 140 Å². The molecular formula is C88H167NO13. The summed E-state index contributed by atoms with van der Waals surface area (Å²) in [6.45, 7) is 2.86. The van der Waals surface area contributed by atoms with Crippen LogP contribution in [0.4, 0.5) is 0 Å². The Morgan fingerprint density at radius 1 is 0.353 bits per heavy atom. The Balaban J connectivity index is 1.55. The Bertz CT molecular complexity index is 1850. The molecule has 2 saturated heterocycles. The molecule has 2 fully saturated rings. The fourth-order valence-corrected chi connectivity index (χ4v) is 14.9. The van der Waals surface area contributed by atoms with Crippen LogP contribution in [0.3, 0.4) is 0 Å². The highest BCUT2D eigenvalue weighted by Gasteiger charge is 2.51. The number of unbranched alkanes of at least 4 members (excludes halogenated alkanes) is 59. The van der Waals surface area contributed by atoms with Gasteiger partial charge in [-0.25, -0.2) is 0 Å². The summed E-state index contributed by atoms with van der Waals surface area (Å²) in [5.41, 5.74) is 0. The van der Waals surface area contributed by atoms with Crippen LogP contribution in [0.15, 0.2) is 36.5 Å². The largest absolute Gasteiger partial charge is 0.394 e. The van der Waals surface area contributed by atoms with E-state index in [-0.39, 0.29) is 18.9 Å². The fourth-order valence-electron chi connectivity index (χ4n) is 14.9. The topological polar surface area (TPSA) is 228 Å². The van der Waals surface area contributed by atoms with Gasteiger partial charge in [-0.05, 0) is 51.4 Å². The van der Waals surface area contributed by atoms with Crippen LogP contribution in [0.25, 0.3) is 0 Å². The molecule has 102 heavy (non-hydrogen) atoms. The molecule has 14 nitrogen and oxygen atoms in total. The highest BCUT2D eigenvalue weighted by molar-refractivity contribution is 5.76. The molecule has 14 heteroatoms. The standard InChI is InChI=1S/C88H167NO13/c1-3-5-7-9-11-13-15-17-19-21-23-25-27-29-31-32-33-34-35-36-37-38-39-40-41-42-43-44-46-48-50-52-54-56-58-60-62-64-66-68-70-72-80(93)89-76(75-99-87-85(98)83(96)86(79(74-91)101-87)102-88-84(97)82(95)81(94)78(73-90)100-88)77(92)71-69-67-65-63-61-59-57-55-53-51-49-47-45-30-28-26-24-22-20-18-16-14-12-10-8-6-4-2/h15,17,21,23,69,71,76-79,81-88,90-92,94-98H,3-14,16,18-20,22,24-68,70,72-75H2,1-2H3,(H,89,93)/b17-15-,23-21-,71-69+. The molecule has 0 spiro atoms. The molecule has 602 valence electrons. The monoisotopic (exact) mass is 1450 g/mol. The van der Waals surface area contributed by atoms with Gasteiger partial charge < -0.3 is 65.1 Å². The van der Waals surface area contributed by atoms with E-state index in [4.69, 9.17) is 18.9 Å². The molecule has 0 saturated carbocycles. The lowest BCUT2D eigenvalue weighted by atomic mass is 9.97. The maximum absolute atomic E-state index is 13.4. The molecule has 0 aliphatic carbocycles. The average Bonchev–Trinajstić information content (AvgIpc) is 0.790. The van der Waals surface area contributed by atoms with E-state index in [9.17, 15) is 45.6 Å². The third-order valence-corrected chi connectivity index (χ3v) is 21.8. The lowest BCUT2D eigenvalue weighted by molar-refractivity contribution is -0.359. The number of hydrogen-bond donors (Lipinski definition) is 9. The van der Waals surface area contributed by atoms with Gasteiger partial charge in [0.05, 0.1) is 32.0 Å². The Hall–Kier alpha value is -1.79. The minimum atomic E-state index is -1.79. The number of carbonyl (C=O) groups excluding carboxylic acids is 1. The molecule has 0 aromatic carbocycles. The van der Waals surface area contributed by atoms with E-state index < -0.39 is 86.8 Å². The van der Waals surface area contributed by atoms with Crippen LogP contribution in [-0.2, 0) is 23.7 Å². The molecule has 12 atom stereocenters. The lowest BCUT2D eigenvalue weighted by Gasteiger charge is -2.46. The van der Waals surface area contributed by atoms with Crippen molar-refractivity contribution in [2.75, 3.05) is 19.8 Å². The smallest absolute Gasteiger partial charge is 0.220 e. The van der Waals surface area contributed by atoms with E-state index >= 15 is 0 Å². The van der Waals surface area contributed by atoms with Crippen LogP contribution in [0.5, 0.6) is 0 Å². The third-order valence-electron chi connectivity index (χ3n) is 21.8. The Morgan fingerprint density at radius 2 is 0.647 bits per heavy atom. The second-order valence-corrected chi connectivity index (χ2v) is 31.4. The molecule has 9 N–H and O–H groups in total. The number of amides is 1. The van der Waals surface area contributed by atoms with Gasteiger partial charge in [-0.3, -0.25) is 4.79 Å². The maximum atomic E-state index is 13.4. The zero-order chi connectivity index (χ0) is 73.7.